The molecule has 1 amide bonds. The second-order valence-electron chi connectivity index (χ2n) is 6.95. The van der Waals surface area contributed by atoms with Crippen LogP contribution in [0.25, 0.3) is 0 Å². The first-order valence-corrected chi connectivity index (χ1v) is 9.87. The van der Waals surface area contributed by atoms with Gasteiger partial charge < -0.3 is 21.3 Å². The van der Waals surface area contributed by atoms with Crippen LogP contribution in [-0.2, 0) is 33.7 Å². The zero-order valence-electron chi connectivity index (χ0n) is 18.4. The van der Waals surface area contributed by atoms with Gasteiger partial charge in [0.2, 0.25) is 5.91 Å². The predicted molar refractivity (Wildman–Crippen MR) is 110 cm³/mol. The number of carbonyl (C=O) groups excluding carboxylic acids is 3. The van der Waals surface area contributed by atoms with Gasteiger partial charge in [0.1, 0.15) is 12.3 Å². The Morgan fingerprint density at radius 3 is 1.75 bits per heavy atom. The minimum atomic E-state index is -1.16. The number of aliphatic carboxylic acids is 2. The Morgan fingerprint density at radius 2 is 1.31 bits per heavy atom. The molecule has 184 valence electrons. The standard InChI is InChI=1S/C18H33N5O9/c1-14(24)9-22(11-16(26)27)7-5-21(10-15(25)20-4-3-19)6-8-23(12-17(28)29)13-18(30)32-31-2/h3-13,19H2,1-2H3,(H,20,25)(H,26,27)(H,28,29). The third-order valence-corrected chi connectivity index (χ3v) is 3.99. The molecule has 5 N–H and O–H groups in total. The van der Waals surface area contributed by atoms with Crippen molar-refractivity contribution in [1.29, 1.82) is 0 Å². The molecule has 0 saturated heterocycles. The average Bonchev–Trinajstić information content (AvgIpc) is 2.66. The Kier molecular flexibility index (Phi) is 15.6. The summed E-state index contributed by atoms with van der Waals surface area (Å²) < 4.78 is 0. The maximum Gasteiger partial charge on any atom is 0.356 e. The highest BCUT2D eigenvalue weighted by molar-refractivity contribution is 5.79. The minimum absolute atomic E-state index is 0.0620. The maximum absolute atomic E-state index is 12.1. The number of nitrogens with two attached hydrogens (primary N) is 1. The van der Waals surface area contributed by atoms with Crippen molar-refractivity contribution < 1.29 is 44.0 Å². The second-order valence-corrected chi connectivity index (χ2v) is 6.95. The fraction of sp³-hybridized carbons (Fsp3) is 0.722. The van der Waals surface area contributed by atoms with Gasteiger partial charge in [0.15, 0.2) is 0 Å². The van der Waals surface area contributed by atoms with Crippen molar-refractivity contribution in [2.45, 2.75) is 6.92 Å². The number of rotatable bonds is 19. The van der Waals surface area contributed by atoms with Crippen LogP contribution in [0.1, 0.15) is 6.92 Å². The molecule has 0 aliphatic rings. The summed E-state index contributed by atoms with van der Waals surface area (Å²) in [6.07, 6.45) is 0. The molecular formula is C18H33N5O9. The Balaban J connectivity index is 5.15. The van der Waals surface area contributed by atoms with Crippen LogP contribution < -0.4 is 11.1 Å². The maximum atomic E-state index is 12.1. The highest BCUT2D eigenvalue weighted by Crippen LogP contribution is 1.98. The van der Waals surface area contributed by atoms with E-state index in [0.717, 1.165) is 7.11 Å². The van der Waals surface area contributed by atoms with Crippen LogP contribution in [0.4, 0.5) is 0 Å². The van der Waals surface area contributed by atoms with E-state index in [2.05, 4.69) is 15.1 Å². The number of nitrogens with one attached hydrogen (secondary N) is 1. The summed E-state index contributed by atoms with van der Waals surface area (Å²) in [5.41, 5.74) is 5.38. The van der Waals surface area contributed by atoms with Gasteiger partial charge in [-0.2, -0.15) is 4.89 Å². The average molecular weight is 463 g/mol. The molecule has 0 spiro atoms. The lowest BCUT2D eigenvalue weighted by Crippen LogP contribution is -2.47. The third-order valence-electron chi connectivity index (χ3n) is 3.99. The van der Waals surface area contributed by atoms with Gasteiger partial charge in [0.25, 0.3) is 0 Å². The lowest BCUT2D eigenvalue weighted by molar-refractivity contribution is -0.255. The number of carboxylic acid groups (broad SMARTS) is 2. The summed E-state index contributed by atoms with van der Waals surface area (Å²) in [5, 5.41) is 20.7. The SMILES string of the molecule is COOC(=O)CN(CCN(CCN(CC(C)=O)CC(=O)O)CC(=O)NCCN)CC(=O)O. The molecule has 0 rings (SSSR count). The van der Waals surface area contributed by atoms with E-state index in [1.165, 1.54) is 16.7 Å². The van der Waals surface area contributed by atoms with Crippen LogP contribution in [-0.4, -0.2) is 134 Å². The van der Waals surface area contributed by atoms with Crippen molar-refractivity contribution in [3.63, 3.8) is 0 Å². The van der Waals surface area contributed by atoms with Crippen molar-refractivity contribution in [1.82, 2.24) is 20.0 Å². The molecule has 14 heteroatoms. The van der Waals surface area contributed by atoms with Gasteiger partial charge in [-0.1, -0.05) is 0 Å². The Bertz CT molecular complexity index is 616. The molecule has 32 heavy (non-hydrogen) atoms. The zero-order valence-corrected chi connectivity index (χ0v) is 18.4. The van der Waals surface area contributed by atoms with Crippen molar-refractivity contribution in [3.05, 3.63) is 0 Å². The molecule has 0 radical (unpaired) electrons. The first kappa shape index (κ1) is 29.4. The molecule has 0 atom stereocenters. The highest BCUT2D eigenvalue weighted by atomic mass is 17.2. The number of hydrogen-bond acceptors (Lipinski definition) is 11. The first-order valence-electron chi connectivity index (χ1n) is 9.87. The smallest absolute Gasteiger partial charge is 0.356 e. The number of carbonyl (C=O) groups is 5. The van der Waals surface area contributed by atoms with Gasteiger partial charge in [-0.15, -0.1) is 0 Å². The molecule has 0 unspecified atom stereocenters. The lowest BCUT2D eigenvalue weighted by atomic mass is 10.3. The van der Waals surface area contributed by atoms with Crippen molar-refractivity contribution in [2.75, 3.05) is 79.1 Å². The Labute approximate surface area is 186 Å². The first-order chi connectivity index (χ1) is 15.1. The normalized spacial score (nSPS) is 11.1. The summed E-state index contributed by atoms with van der Waals surface area (Å²) >= 11 is 0. The molecule has 0 aliphatic heterocycles. The number of nitrogens with zero attached hydrogens (tertiary/aromatic N) is 3. The molecule has 0 aliphatic carbocycles. The quantitative estimate of drug-likeness (QED) is 0.111. The molecule has 14 nitrogen and oxygen atoms in total. The molecular weight excluding hydrogens is 430 g/mol. The van der Waals surface area contributed by atoms with Gasteiger partial charge in [0, 0.05) is 39.3 Å². The fourth-order valence-electron chi connectivity index (χ4n) is 2.73. The molecule has 0 fully saturated rings. The summed E-state index contributed by atoms with van der Waals surface area (Å²) in [5.74, 6) is -3.56. The van der Waals surface area contributed by atoms with Crippen LogP contribution in [0.3, 0.4) is 0 Å². The Hall–Kier alpha value is -2.65. The van der Waals surface area contributed by atoms with E-state index in [-0.39, 0.29) is 77.1 Å². The monoisotopic (exact) mass is 463 g/mol. The summed E-state index contributed by atoms with van der Waals surface area (Å²) in [6.45, 7) is 1.30. The summed E-state index contributed by atoms with van der Waals surface area (Å²) in [7, 11) is 1.14. The molecule has 0 bridgehead atoms. The van der Waals surface area contributed by atoms with Crippen molar-refractivity contribution >= 4 is 29.6 Å². The number of carboxylic acids is 2. The number of Topliss-reactive ketones (excluding diaryl/α,β-unsaturated/α-hetero) is 1. The van der Waals surface area contributed by atoms with Gasteiger partial charge in [-0.25, -0.2) is 4.79 Å². The van der Waals surface area contributed by atoms with E-state index < -0.39 is 24.5 Å². The zero-order chi connectivity index (χ0) is 24.5. The number of hydrogen-bond donors (Lipinski definition) is 4. The van der Waals surface area contributed by atoms with Gasteiger partial charge in [-0.3, -0.25) is 38.8 Å². The van der Waals surface area contributed by atoms with E-state index in [0.29, 0.717) is 0 Å². The number of ketones is 1. The third kappa shape index (κ3) is 16.1. The van der Waals surface area contributed by atoms with Gasteiger partial charge >= 0.3 is 17.9 Å². The Morgan fingerprint density at radius 1 is 0.812 bits per heavy atom. The molecule has 0 heterocycles. The van der Waals surface area contributed by atoms with Crippen LogP contribution >= 0.6 is 0 Å². The van der Waals surface area contributed by atoms with Crippen LogP contribution in [0.2, 0.25) is 0 Å². The fourth-order valence-corrected chi connectivity index (χ4v) is 2.73. The largest absolute Gasteiger partial charge is 0.480 e. The minimum Gasteiger partial charge on any atom is -0.480 e. The lowest BCUT2D eigenvalue weighted by Gasteiger charge is -2.28. The topological polar surface area (TPSA) is 192 Å². The van der Waals surface area contributed by atoms with Crippen molar-refractivity contribution in [3.8, 4) is 0 Å². The number of amides is 1. The molecule has 0 aromatic rings. The highest BCUT2D eigenvalue weighted by Gasteiger charge is 2.20. The van der Waals surface area contributed by atoms with Crippen LogP contribution in [0, 0.1) is 0 Å². The second kappa shape index (κ2) is 17.0. The molecule has 0 aromatic heterocycles. The van der Waals surface area contributed by atoms with E-state index in [4.69, 9.17) is 15.9 Å². The summed E-state index contributed by atoms with van der Waals surface area (Å²) in [6, 6.07) is 0. The van der Waals surface area contributed by atoms with Crippen LogP contribution in [0.15, 0.2) is 0 Å². The van der Waals surface area contributed by atoms with E-state index in [9.17, 15) is 24.0 Å². The predicted octanol–water partition coefficient (Wildman–Crippen LogP) is -3.17. The molecule has 0 saturated carbocycles. The summed E-state index contributed by atoms with van der Waals surface area (Å²) in [4.78, 5) is 70.4. The van der Waals surface area contributed by atoms with Crippen LogP contribution in [0.5, 0.6) is 0 Å². The van der Waals surface area contributed by atoms with E-state index in [1.807, 2.05) is 0 Å². The van der Waals surface area contributed by atoms with E-state index in [1.54, 1.807) is 4.90 Å². The van der Waals surface area contributed by atoms with Gasteiger partial charge in [-0.05, 0) is 6.92 Å². The van der Waals surface area contributed by atoms with Crippen molar-refractivity contribution in [2.24, 2.45) is 5.73 Å². The molecule has 0 aromatic carbocycles. The van der Waals surface area contributed by atoms with Gasteiger partial charge in [0.05, 0.1) is 33.3 Å². The van der Waals surface area contributed by atoms with E-state index >= 15 is 0 Å².